The summed E-state index contributed by atoms with van der Waals surface area (Å²) in [5.74, 6) is 0.717. The van der Waals surface area contributed by atoms with Crippen LogP contribution in [0.4, 0.5) is 0 Å². The molecule has 0 saturated heterocycles. The van der Waals surface area contributed by atoms with Gasteiger partial charge in [0.25, 0.3) is 0 Å². The van der Waals surface area contributed by atoms with E-state index in [0.717, 1.165) is 6.54 Å². The first kappa shape index (κ1) is 11.7. The van der Waals surface area contributed by atoms with Crippen molar-refractivity contribution in [3.63, 3.8) is 0 Å². The molecule has 88 valence electrons. The van der Waals surface area contributed by atoms with Gasteiger partial charge < -0.3 is 5.32 Å². The summed E-state index contributed by atoms with van der Waals surface area (Å²) in [6.45, 7) is 10.0. The van der Waals surface area contributed by atoms with Gasteiger partial charge in [-0.1, -0.05) is 23.8 Å². The first-order valence-corrected chi connectivity index (χ1v) is 6.30. The second-order valence-electron chi connectivity index (χ2n) is 6.07. The molecule has 1 aliphatic rings. The predicted molar refractivity (Wildman–Crippen MR) is 70.0 cm³/mol. The molecule has 1 atom stereocenters. The maximum atomic E-state index is 3.62. The highest BCUT2D eigenvalue weighted by Crippen LogP contribution is 2.33. The van der Waals surface area contributed by atoms with E-state index in [4.69, 9.17) is 0 Å². The van der Waals surface area contributed by atoms with E-state index in [1.165, 1.54) is 18.4 Å². The first-order valence-electron chi connectivity index (χ1n) is 6.30. The van der Waals surface area contributed by atoms with Gasteiger partial charge in [0.2, 0.25) is 0 Å². The molecule has 1 nitrogen and oxygen atoms in total. The van der Waals surface area contributed by atoms with Crippen LogP contribution >= 0.6 is 0 Å². The van der Waals surface area contributed by atoms with Crippen LogP contribution in [0, 0.1) is 6.92 Å². The summed E-state index contributed by atoms with van der Waals surface area (Å²) in [5, 5.41) is 3.62. The highest BCUT2D eigenvalue weighted by molar-refractivity contribution is 5.38. The van der Waals surface area contributed by atoms with Crippen LogP contribution in [0.3, 0.4) is 0 Å². The summed E-state index contributed by atoms with van der Waals surface area (Å²) in [7, 11) is 0. The van der Waals surface area contributed by atoms with Gasteiger partial charge in [-0.25, -0.2) is 0 Å². The van der Waals surface area contributed by atoms with Gasteiger partial charge in [0.05, 0.1) is 0 Å². The Morgan fingerprint density at radius 3 is 2.75 bits per heavy atom. The van der Waals surface area contributed by atoms with Gasteiger partial charge in [0.15, 0.2) is 0 Å². The molecular weight excluding hydrogens is 194 g/mol. The Labute approximate surface area is 99.3 Å². The Bertz CT molecular complexity index is 374. The van der Waals surface area contributed by atoms with Gasteiger partial charge in [-0.05, 0) is 57.6 Å². The number of hydrogen-bond acceptors (Lipinski definition) is 1. The maximum absolute atomic E-state index is 3.62. The Kier molecular flexibility index (Phi) is 3.07. The van der Waals surface area contributed by atoms with E-state index in [-0.39, 0.29) is 5.54 Å². The molecule has 0 aromatic heterocycles. The molecule has 0 fully saturated rings. The molecule has 1 aromatic rings. The van der Waals surface area contributed by atoms with Crippen LogP contribution in [-0.2, 0) is 6.42 Å². The fourth-order valence-electron chi connectivity index (χ4n) is 2.45. The minimum Gasteiger partial charge on any atom is -0.311 e. The van der Waals surface area contributed by atoms with Crippen molar-refractivity contribution in [2.75, 3.05) is 6.54 Å². The molecule has 0 amide bonds. The lowest BCUT2D eigenvalue weighted by Crippen LogP contribution is -2.38. The van der Waals surface area contributed by atoms with Gasteiger partial charge in [-0.2, -0.15) is 0 Å². The quantitative estimate of drug-likeness (QED) is 0.800. The van der Waals surface area contributed by atoms with Crippen LogP contribution in [-0.4, -0.2) is 12.1 Å². The average Bonchev–Trinajstić information content (AvgIpc) is 2.56. The van der Waals surface area contributed by atoms with Crippen molar-refractivity contribution in [1.82, 2.24) is 5.32 Å². The van der Waals surface area contributed by atoms with E-state index in [1.807, 2.05) is 0 Å². The van der Waals surface area contributed by atoms with Crippen LogP contribution in [0.25, 0.3) is 0 Å². The van der Waals surface area contributed by atoms with E-state index < -0.39 is 0 Å². The number of benzene rings is 1. The van der Waals surface area contributed by atoms with Crippen molar-refractivity contribution >= 4 is 0 Å². The van der Waals surface area contributed by atoms with E-state index in [0.29, 0.717) is 5.92 Å². The molecule has 0 heterocycles. The Hall–Kier alpha value is -0.820. The number of aryl methyl sites for hydroxylation is 2. The molecule has 2 rings (SSSR count). The topological polar surface area (TPSA) is 12.0 Å². The second kappa shape index (κ2) is 4.21. The van der Waals surface area contributed by atoms with Crippen molar-refractivity contribution in [1.29, 1.82) is 0 Å². The molecule has 16 heavy (non-hydrogen) atoms. The third-order valence-electron chi connectivity index (χ3n) is 3.38. The third kappa shape index (κ3) is 2.65. The molecule has 0 saturated carbocycles. The molecule has 0 radical (unpaired) electrons. The van der Waals surface area contributed by atoms with Crippen molar-refractivity contribution in [3.8, 4) is 0 Å². The largest absolute Gasteiger partial charge is 0.311 e. The minimum atomic E-state index is 0.229. The van der Waals surface area contributed by atoms with E-state index in [2.05, 4.69) is 51.2 Å². The van der Waals surface area contributed by atoms with Gasteiger partial charge in [0, 0.05) is 12.1 Å². The molecule has 1 aromatic carbocycles. The molecule has 1 heteroatoms. The smallest absolute Gasteiger partial charge is 0.00967 e. The molecule has 1 aliphatic carbocycles. The molecule has 1 N–H and O–H groups in total. The van der Waals surface area contributed by atoms with Crippen LogP contribution in [0.5, 0.6) is 0 Å². The monoisotopic (exact) mass is 217 g/mol. The van der Waals surface area contributed by atoms with Gasteiger partial charge in [0.1, 0.15) is 0 Å². The second-order valence-corrected chi connectivity index (χ2v) is 6.07. The van der Waals surface area contributed by atoms with Crippen LogP contribution in [0.15, 0.2) is 18.2 Å². The van der Waals surface area contributed by atoms with Crippen molar-refractivity contribution in [3.05, 3.63) is 34.9 Å². The molecule has 0 aliphatic heterocycles. The van der Waals surface area contributed by atoms with Gasteiger partial charge >= 0.3 is 0 Å². The van der Waals surface area contributed by atoms with Crippen molar-refractivity contribution in [2.24, 2.45) is 0 Å². The van der Waals surface area contributed by atoms with Crippen LogP contribution in [0.2, 0.25) is 0 Å². The summed E-state index contributed by atoms with van der Waals surface area (Å²) in [4.78, 5) is 0. The predicted octanol–water partition coefficient (Wildman–Crippen LogP) is 3.41. The lowest BCUT2D eigenvalue weighted by Gasteiger charge is -2.23. The van der Waals surface area contributed by atoms with Crippen molar-refractivity contribution < 1.29 is 0 Å². The lowest BCUT2D eigenvalue weighted by atomic mass is 9.98. The average molecular weight is 217 g/mol. The number of nitrogens with one attached hydrogen (secondary N) is 1. The van der Waals surface area contributed by atoms with E-state index in [9.17, 15) is 0 Å². The van der Waals surface area contributed by atoms with Crippen molar-refractivity contribution in [2.45, 2.75) is 52.0 Å². The lowest BCUT2D eigenvalue weighted by molar-refractivity contribution is 0.405. The van der Waals surface area contributed by atoms with E-state index >= 15 is 0 Å². The number of hydrogen-bond donors (Lipinski definition) is 1. The molecule has 0 spiro atoms. The normalized spacial score (nSPS) is 19.9. The molecule has 0 bridgehead atoms. The number of rotatable bonds is 2. The Morgan fingerprint density at radius 1 is 1.31 bits per heavy atom. The fraction of sp³-hybridized carbons (Fsp3) is 0.600. The van der Waals surface area contributed by atoms with Gasteiger partial charge in [-0.3, -0.25) is 0 Å². The number of fused-ring (bicyclic) bond motifs is 1. The fourth-order valence-corrected chi connectivity index (χ4v) is 2.45. The first-order chi connectivity index (χ1) is 7.46. The summed E-state index contributed by atoms with van der Waals surface area (Å²) in [5.41, 5.74) is 4.76. The third-order valence-corrected chi connectivity index (χ3v) is 3.38. The zero-order chi connectivity index (χ0) is 11.8. The zero-order valence-corrected chi connectivity index (χ0v) is 10.9. The van der Waals surface area contributed by atoms with Crippen LogP contribution in [0.1, 0.15) is 49.8 Å². The molecular formula is C15H23N. The Morgan fingerprint density at radius 2 is 2.06 bits per heavy atom. The Balaban J connectivity index is 2.08. The summed E-state index contributed by atoms with van der Waals surface area (Å²) in [6.07, 6.45) is 2.56. The minimum absolute atomic E-state index is 0.229. The summed E-state index contributed by atoms with van der Waals surface area (Å²) < 4.78 is 0. The highest BCUT2D eigenvalue weighted by Gasteiger charge is 2.23. The zero-order valence-electron chi connectivity index (χ0n) is 10.9. The SMILES string of the molecule is Cc1ccc2c(c1)C(CNC(C)(C)C)CC2. The van der Waals surface area contributed by atoms with E-state index in [1.54, 1.807) is 11.1 Å². The highest BCUT2D eigenvalue weighted by atomic mass is 14.9. The van der Waals surface area contributed by atoms with Gasteiger partial charge in [-0.15, -0.1) is 0 Å². The standard InChI is InChI=1S/C15H23N/c1-11-5-6-12-7-8-13(14(12)9-11)10-16-15(2,3)4/h5-6,9,13,16H,7-8,10H2,1-4H3. The maximum Gasteiger partial charge on any atom is 0.00967 e. The van der Waals surface area contributed by atoms with Crippen LogP contribution < -0.4 is 5.32 Å². The summed E-state index contributed by atoms with van der Waals surface area (Å²) in [6, 6.07) is 6.91. The molecule has 1 unspecified atom stereocenters. The summed E-state index contributed by atoms with van der Waals surface area (Å²) >= 11 is 0.